The maximum atomic E-state index is 13.6. The summed E-state index contributed by atoms with van der Waals surface area (Å²) in [7, 11) is 4.42. The van der Waals surface area contributed by atoms with Gasteiger partial charge in [0, 0.05) is 33.8 Å². The largest absolute Gasteiger partial charge is 0.493 e. The predicted molar refractivity (Wildman–Crippen MR) is 171 cm³/mol. The predicted octanol–water partition coefficient (Wildman–Crippen LogP) is 6.01. The minimum atomic E-state index is -0.608. The van der Waals surface area contributed by atoms with E-state index in [4.69, 9.17) is 14.2 Å². The number of thioether (sulfide) groups is 1. The number of carbonyl (C=O) groups is 3. The van der Waals surface area contributed by atoms with Crippen LogP contribution in [-0.4, -0.2) is 49.6 Å². The number of nitro groups is 1. The van der Waals surface area contributed by atoms with Crippen molar-refractivity contribution in [1.29, 1.82) is 0 Å². The van der Waals surface area contributed by atoms with Crippen LogP contribution in [0.1, 0.15) is 26.3 Å². The van der Waals surface area contributed by atoms with Crippen LogP contribution in [0.4, 0.5) is 11.4 Å². The Bertz CT molecular complexity index is 1730. The van der Waals surface area contributed by atoms with E-state index in [2.05, 4.69) is 10.6 Å². The first-order valence-electron chi connectivity index (χ1n) is 13.4. The first-order valence-corrected chi connectivity index (χ1v) is 14.4. The second-order valence-electron chi connectivity index (χ2n) is 9.34. The van der Waals surface area contributed by atoms with Crippen LogP contribution in [0, 0.1) is 10.1 Å². The molecule has 4 rings (SSSR count). The minimum absolute atomic E-state index is 0.0258. The fraction of sp³-hybridized carbons (Fsp3) is 0.121. The molecule has 230 valence electrons. The number of amides is 2. The lowest BCUT2D eigenvalue weighted by molar-refractivity contribution is -0.384. The van der Waals surface area contributed by atoms with Crippen LogP contribution in [0.25, 0.3) is 6.08 Å². The Morgan fingerprint density at radius 3 is 2.13 bits per heavy atom. The summed E-state index contributed by atoms with van der Waals surface area (Å²) in [6.07, 6.45) is 1.48. The Morgan fingerprint density at radius 1 is 0.822 bits per heavy atom. The third-order valence-electron chi connectivity index (χ3n) is 6.37. The lowest BCUT2D eigenvalue weighted by Gasteiger charge is -2.15. The molecule has 0 heterocycles. The van der Waals surface area contributed by atoms with E-state index in [0.717, 1.165) is 0 Å². The third kappa shape index (κ3) is 8.48. The van der Waals surface area contributed by atoms with Gasteiger partial charge in [0.25, 0.3) is 17.5 Å². The number of carbonyl (C=O) groups excluding carboxylic acids is 3. The highest BCUT2D eigenvalue weighted by molar-refractivity contribution is 8.00. The number of ether oxygens (including phenoxy) is 3. The molecule has 0 aliphatic heterocycles. The normalized spacial score (nSPS) is 10.9. The van der Waals surface area contributed by atoms with E-state index in [1.807, 2.05) is 0 Å². The van der Waals surface area contributed by atoms with E-state index in [-0.39, 0.29) is 28.5 Å². The topological polar surface area (TPSA) is 146 Å². The Balaban J connectivity index is 1.57. The van der Waals surface area contributed by atoms with Crippen molar-refractivity contribution in [1.82, 2.24) is 5.32 Å². The Kier molecular flexibility index (Phi) is 10.9. The average molecular weight is 628 g/mol. The van der Waals surface area contributed by atoms with E-state index in [1.54, 1.807) is 66.7 Å². The van der Waals surface area contributed by atoms with Crippen LogP contribution in [0.3, 0.4) is 0 Å². The quantitative estimate of drug-likeness (QED) is 0.0599. The highest BCUT2D eigenvalue weighted by atomic mass is 32.2. The van der Waals surface area contributed by atoms with Crippen molar-refractivity contribution in [3.8, 4) is 17.2 Å². The van der Waals surface area contributed by atoms with Crippen LogP contribution >= 0.6 is 11.8 Å². The number of anilines is 1. The molecule has 0 aliphatic rings. The summed E-state index contributed by atoms with van der Waals surface area (Å²) >= 11 is 1.21. The SMILES string of the molecule is COc1cc(/C=C(\NC(=O)c2ccccc2)C(=O)Nc2cccc(SCC(=O)c3cccc([N+](=O)[O-])c3)c2)cc(OC)c1OC. The Labute approximate surface area is 263 Å². The molecule has 0 radical (unpaired) electrons. The van der Waals surface area contributed by atoms with Crippen LogP contribution in [0.2, 0.25) is 0 Å². The van der Waals surface area contributed by atoms with Gasteiger partial charge >= 0.3 is 0 Å². The Hall–Kier alpha value is -5.62. The molecule has 0 saturated carbocycles. The molecular formula is C33H29N3O8S. The molecule has 0 fully saturated rings. The van der Waals surface area contributed by atoms with Crippen molar-refractivity contribution in [2.45, 2.75) is 4.90 Å². The van der Waals surface area contributed by atoms with Gasteiger partial charge in [0.15, 0.2) is 17.3 Å². The van der Waals surface area contributed by atoms with Gasteiger partial charge in [0.05, 0.1) is 32.0 Å². The number of Topliss-reactive ketones (excluding diaryl/α,β-unsaturated/α-hetero) is 1. The molecule has 0 atom stereocenters. The summed E-state index contributed by atoms with van der Waals surface area (Å²) in [5.74, 6) is -0.260. The van der Waals surface area contributed by atoms with E-state index < -0.39 is 16.7 Å². The number of nitro benzene ring substituents is 1. The van der Waals surface area contributed by atoms with Gasteiger partial charge in [-0.1, -0.05) is 36.4 Å². The zero-order valence-electron chi connectivity index (χ0n) is 24.6. The number of nitrogens with one attached hydrogen (secondary N) is 2. The summed E-state index contributed by atoms with van der Waals surface area (Å²) in [4.78, 5) is 50.5. The van der Waals surface area contributed by atoms with Crippen molar-refractivity contribution in [2.75, 3.05) is 32.4 Å². The summed E-state index contributed by atoms with van der Waals surface area (Å²) in [5.41, 5.74) is 1.27. The zero-order valence-corrected chi connectivity index (χ0v) is 25.4. The monoisotopic (exact) mass is 627 g/mol. The number of benzene rings is 4. The number of non-ortho nitro benzene ring substituents is 1. The van der Waals surface area contributed by atoms with Gasteiger partial charge in [-0.25, -0.2) is 0 Å². The van der Waals surface area contributed by atoms with Crippen molar-refractivity contribution in [3.05, 3.63) is 123 Å². The zero-order chi connectivity index (χ0) is 32.3. The molecule has 11 nitrogen and oxygen atoms in total. The molecular weight excluding hydrogens is 598 g/mol. The summed E-state index contributed by atoms with van der Waals surface area (Å²) < 4.78 is 16.2. The smallest absolute Gasteiger partial charge is 0.272 e. The molecule has 45 heavy (non-hydrogen) atoms. The highest BCUT2D eigenvalue weighted by Gasteiger charge is 2.18. The van der Waals surface area contributed by atoms with Gasteiger partial charge in [-0.15, -0.1) is 11.8 Å². The van der Waals surface area contributed by atoms with Crippen molar-refractivity contribution in [3.63, 3.8) is 0 Å². The van der Waals surface area contributed by atoms with E-state index in [9.17, 15) is 24.5 Å². The molecule has 0 aromatic heterocycles. The summed E-state index contributed by atoms with van der Waals surface area (Å²) in [6.45, 7) is 0. The van der Waals surface area contributed by atoms with Gasteiger partial charge in [-0.3, -0.25) is 24.5 Å². The van der Waals surface area contributed by atoms with Crippen LogP contribution in [0.5, 0.6) is 17.2 Å². The minimum Gasteiger partial charge on any atom is -0.493 e. The van der Waals surface area contributed by atoms with Crippen molar-refractivity contribution < 1.29 is 33.5 Å². The van der Waals surface area contributed by atoms with Gasteiger partial charge < -0.3 is 24.8 Å². The molecule has 12 heteroatoms. The third-order valence-corrected chi connectivity index (χ3v) is 7.36. The molecule has 4 aromatic rings. The van der Waals surface area contributed by atoms with Gasteiger partial charge in [-0.2, -0.15) is 0 Å². The molecule has 4 aromatic carbocycles. The van der Waals surface area contributed by atoms with Crippen LogP contribution in [0.15, 0.2) is 102 Å². The second-order valence-corrected chi connectivity index (χ2v) is 10.4. The lowest BCUT2D eigenvalue weighted by Crippen LogP contribution is -2.30. The fourth-order valence-electron chi connectivity index (χ4n) is 4.18. The Morgan fingerprint density at radius 2 is 1.49 bits per heavy atom. The molecule has 0 spiro atoms. The van der Waals surface area contributed by atoms with E-state index in [1.165, 1.54) is 63.4 Å². The number of nitrogens with zero attached hydrogens (tertiary/aromatic N) is 1. The standard InChI is InChI=1S/C33H29N3O8S/c1-42-29-16-21(17-30(43-2)31(29)44-3)15-27(35-32(38)22-9-5-4-6-10-22)33(39)34-24-12-8-14-26(19-24)45-20-28(37)23-11-7-13-25(18-23)36(40)41/h4-19H,20H2,1-3H3,(H,34,39)(H,35,38)/b27-15-. The highest BCUT2D eigenvalue weighted by Crippen LogP contribution is 2.38. The summed E-state index contributed by atoms with van der Waals surface area (Å²) in [5, 5.41) is 16.5. The maximum Gasteiger partial charge on any atom is 0.272 e. The number of rotatable bonds is 13. The van der Waals surface area contributed by atoms with Gasteiger partial charge in [0.2, 0.25) is 5.75 Å². The van der Waals surface area contributed by atoms with Gasteiger partial charge in [-0.05, 0) is 54.1 Å². The average Bonchev–Trinajstić information content (AvgIpc) is 3.06. The van der Waals surface area contributed by atoms with Crippen LogP contribution < -0.4 is 24.8 Å². The van der Waals surface area contributed by atoms with Crippen molar-refractivity contribution in [2.24, 2.45) is 0 Å². The maximum absolute atomic E-state index is 13.6. The number of hydrogen-bond donors (Lipinski definition) is 2. The number of ketones is 1. The number of methoxy groups -OCH3 is 3. The number of hydrogen-bond acceptors (Lipinski definition) is 9. The lowest BCUT2D eigenvalue weighted by atomic mass is 10.1. The van der Waals surface area contributed by atoms with Crippen LogP contribution in [-0.2, 0) is 4.79 Å². The molecule has 2 N–H and O–H groups in total. The van der Waals surface area contributed by atoms with E-state index >= 15 is 0 Å². The molecule has 0 saturated heterocycles. The van der Waals surface area contributed by atoms with E-state index in [0.29, 0.717) is 39.0 Å². The first kappa shape index (κ1) is 32.3. The molecule has 0 aliphatic carbocycles. The molecule has 0 unspecified atom stereocenters. The van der Waals surface area contributed by atoms with Gasteiger partial charge in [0.1, 0.15) is 5.70 Å². The molecule has 2 amide bonds. The fourth-order valence-corrected chi connectivity index (χ4v) is 5.03. The first-order chi connectivity index (χ1) is 21.7. The molecule has 0 bridgehead atoms. The second kappa shape index (κ2) is 15.2. The summed E-state index contributed by atoms with van der Waals surface area (Å²) in [6, 6.07) is 24.1. The van der Waals surface area contributed by atoms with Crippen molar-refractivity contribution >= 4 is 46.8 Å².